The summed E-state index contributed by atoms with van der Waals surface area (Å²) in [5.41, 5.74) is 1.75. The molecule has 1 aromatic heterocycles. The van der Waals surface area contributed by atoms with Crippen LogP contribution in [-0.4, -0.2) is 34.0 Å². The number of amides is 1. The van der Waals surface area contributed by atoms with Gasteiger partial charge in [0.2, 0.25) is 0 Å². The lowest BCUT2D eigenvalue weighted by atomic mass is 9.96. The number of halogens is 1. The minimum absolute atomic E-state index is 0.00321. The van der Waals surface area contributed by atoms with Crippen LogP contribution in [0.3, 0.4) is 0 Å². The standard InChI is InChI=1S/C22H22FN3O3/c1-15-6-4-7-16(12-15)22(27)26-11-5-8-17(13-26)21-24-20(29-25-21)14-28-19-10-3-2-9-18(19)23/h2-4,6-7,9-10,12,17H,5,8,11,13-14H2,1H3. The van der Waals surface area contributed by atoms with E-state index in [0.717, 1.165) is 18.4 Å². The van der Waals surface area contributed by atoms with Crippen LogP contribution in [-0.2, 0) is 6.61 Å². The van der Waals surface area contributed by atoms with E-state index < -0.39 is 5.82 Å². The van der Waals surface area contributed by atoms with Gasteiger partial charge in [-0.05, 0) is 44.0 Å². The first-order chi connectivity index (χ1) is 14.1. The third-order valence-electron chi connectivity index (χ3n) is 5.01. The Morgan fingerprint density at radius 3 is 2.97 bits per heavy atom. The molecular formula is C22H22FN3O3. The first kappa shape index (κ1) is 19.1. The first-order valence-electron chi connectivity index (χ1n) is 9.66. The van der Waals surface area contributed by atoms with Crippen molar-refractivity contribution < 1.29 is 18.4 Å². The van der Waals surface area contributed by atoms with Crippen LogP contribution in [0.5, 0.6) is 5.75 Å². The number of aromatic nitrogens is 2. The molecule has 1 amide bonds. The molecule has 1 saturated heterocycles. The van der Waals surface area contributed by atoms with Crippen molar-refractivity contribution >= 4 is 5.91 Å². The average Bonchev–Trinajstić information content (AvgIpc) is 3.22. The summed E-state index contributed by atoms with van der Waals surface area (Å²) in [4.78, 5) is 19.1. The van der Waals surface area contributed by atoms with Crippen LogP contribution in [0.4, 0.5) is 4.39 Å². The molecule has 2 aromatic carbocycles. The minimum atomic E-state index is -0.440. The van der Waals surface area contributed by atoms with Gasteiger partial charge in [-0.15, -0.1) is 0 Å². The molecule has 150 valence electrons. The van der Waals surface area contributed by atoms with E-state index in [2.05, 4.69) is 10.1 Å². The molecule has 0 N–H and O–H groups in total. The van der Waals surface area contributed by atoms with Crippen molar-refractivity contribution in [2.75, 3.05) is 13.1 Å². The van der Waals surface area contributed by atoms with Gasteiger partial charge in [0.1, 0.15) is 0 Å². The molecule has 1 unspecified atom stereocenters. The van der Waals surface area contributed by atoms with Crippen molar-refractivity contribution in [3.05, 3.63) is 77.2 Å². The summed E-state index contributed by atoms with van der Waals surface area (Å²) in [6, 6.07) is 13.8. The second-order valence-corrected chi connectivity index (χ2v) is 7.23. The molecule has 0 spiro atoms. The number of ether oxygens (including phenoxy) is 1. The van der Waals surface area contributed by atoms with E-state index in [9.17, 15) is 9.18 Å². The minimum Gasteiger partial charge on any atom is -0.481 e. The summed E-state index contributed by atoms with van der Waals surface area (Å²) in [6.45, 7) is 3.22. The van der Waals surface area contributed by atoms with E-state index >= 15 is 0 Å². The van der Waals surface area contributed by atoms with Crippen molar-refractivity contribution in [1.29, 1.82) is 0 Å². The monoisotopic (exact) mass is 395 g/mol. The Morgan fingerprint density at radius 2 is 2.14 bits per heavy atom. The van der Waals surface area contributed by atoms with Crippen LogP contribution in [0.1, 0.15) is 46.4 Å². The topological polar surface area (TPSA) is 68.5 Å². The fourth-order valence-electron chi connectivity index (χ4n) is 3.53. The van der Waals surface area contributed by atoms with Gasteiger partial charge < -0.3 is 14.2 Å². The number of hydrogen-bond acceptors (Lipinski definition) is 5. The number of aryl methyl sites for hydroxylation is 1. The molecule has 29 heavy (non-hydrogen) atoms. The zero-order valence-corrected chi connectivity index (χ0v) is 16.2. The van der Waals surface area contributed by atoms with Gasteiger partial charge in [0.15, 0.2) is 24.0 Å². The number of benzene rings is 2. The highest BCUT2D eigenvalue weighted by Gasteiger charge is 2.28. The van der Waals surface area contributed by atoms with Gasteiger partial charge in [0.05, 0.1) is 0 Å². The highest BCUT2D eigenvalue weighted by atomic mass is 19.1. The third-order valence-corrected chi connectivity index (χ3v) is 5.01. The quantitative estimate of drug-likeness (QED) is 0.650. The Morgan fingerprint density at radius 1 is 1.28 bits per heavy atom. The van der Waals surface area contributed by atoms with E-state index in [1.807, 2.05) is 36.1 Å². The Kier molecular flexibility index (Phi) is 5.55. The smallest absolute Gasteiger partial charge is 0.264 e. The summed E-state index contributed by atoms with van der Waals surface area (Å²) in [5, 5.41) is 4.06. The Labute approximate surface area is 168 Å². The van der Waals surface area contributed by atoms with Gasteiger partial charge in [0, 0.05) is 24.6 Å². The number of rotatable bonds is 5. The molecule has 6 nitrogen and oxygen atoms in total. The van der Waals surface area contributed by atoms with Gasteiger partial charge in [-0.2, -0.15) is 4.98 Å². The van der Waals surface area contributed by atoms with E-state index in [1.165, 1.54) is 6.07 Å². The van der Waals surface area contributed by atoms with Crippen molar-refractivity contribution in [3.63, 3.8) is 0 Å². The number of carbonyl (C=O) groups excluding carboxylic acids is 1. The van der Waals surface area contributed by atoms with Crippen LogP contribution in [0.2, 0.25) is 0 Å². The van der Waals surface area contributed by atoms with Crippen LogP contribution >= 0.6 is 0 Å². The molecule has 4 rings (SSSR count). The lowest BCUT2D eigenvalue weighted by molar-refractivity contribution is 0.0703. The van der Waals surface area contributed by atoms with Crippen LogP contribution in [0, 0.1) is 12.7 Å². The van der Waals surface area contributed by atoms with Crippen molar-refractivity contribution in [1.82, 2.24) is 15.0 Å². The van der Waals surface area contributed by atoms with Crippen LogP contribution in [0.15, 0.2) is 53.1 Å². The average molecular weight is 395 g/mol. The molecule has 0 saturated carbocycles. The van der Waals surface area contributed by atoms with Gasteiger partial charge in [-0.25, -0.2) is 4.39 Å². The zero-order valence-electron chi connectivity index (χ0n) is 16.2. The fraction of sp³-hybridized carbons (Fsp3) is 0.318. The maximum absolute atomic E-state index is 13.6. The lowest BCUT2D eigenvalue weighted by Crippen LogP contribution is -2.39. The molecule has 0 bridgehead atoms. The number of nitrogens with zero attached hydrogens (tertiary/aromatic N) is 3. The zero-order chi connectivity index (χ0) is 20.2. The fourth-order valence-corrected chi connectivity index (χ4v) is 3.53. The molecule has 7 heteroatoms. The van der Waals surface area contributed by atoms with E-state index in [-0.39, 0.29) is 30.1 Å². The van der Waals surface area contributed by atoms with Gasteiger partial charge in [-0.1, -0.05) is 35.0 Å². The Bertz CT molecular complexity index is 1000. The maximum atomic E-state index is 13.6. The van der Waals surface area contributed by atoms with Crippen molar-refractivity contribution in [3.8, 4) is 5.75 Å². The lowest BCUT2D eigenvalue weighted by Gasteiger charge is -2.31. The molecule has 2 heterocycles. The molecule has 0 aliphatic carbocycles. The highest BCUT2D eigenvalue weighted by Crippen LogP contribution is 2.26. The van der Waals surface area contributed by atoms with Gasteiger partial charge in [0.25, 0.3) is 11.8 Å². The molecular weight excluding hydrogens is 373 g/mol. The molecule has 1 fully saturated rings. The number of likely N-dealkylation sites (tertiary alicyclic amines) is 1. The summed E-state index contributed by atoms with van der Waals surface area (Å²) < 4.78 is 24.3. The Hall–Kier alpha value is -3.22. The normalized spacial score (nSPS) is 16.6. The maximum Gasteiger partial charge on any atom is 0.264 e. The second-order valence-electron chi connectivity index (χ2n) is 7.23. The van der Waals surface area contributed by atoms with E-state index in [0.29, 0.717) is 24.5 Å². The predicted octanol–water partition coefficient (Wildman–Crippen LogP) is 4.12. The summed E-state index contributed by atoms with van der Waals surface area (Å²) in [7, 11) is 0. The summed E-state index contributed by atoms with van der Waals surface area (Å²) in [5.74, 6) is 0.558. The number of piperidine rings is 1. The highest BCUT2D eigenvalue weighted by molar-refractivity contribution is 5.94. The summed E-state index contributed by atoms with van der Waals surface area (Å²) in [6.07, 6.45) is 1.75. The number of carbonyl (C=O) groups is 1. The van der Waals surface area contributed by atoms with Gasteiger partial charge >= 0.3 is 0 Å². The number of para-hydroxylation sites is 1. The van der Waals surface area contributed by atoms with Crippen LogP contribution < -0.4 is 4.74 Å². The largest absolute Gasteiger partial charge is 0.481 e. The van der Waals surface area contributed by atoms with E-state index in [4.69, 9.17) is 9.26 Å². The SMILES string of the molecule is Cc1cccc(C(=O)N2CCCC(c3noc(COc4ccccc4F)n3)C2)c1. The molecule has 3 aromatic rings. The summed E-state index contributed by atoms with van der Waals surface area (Å²) >= 11 is 0. The third kappa shape index (κ3) is 4.45. The van der Waals surface area contributed by atoms with Crippen LogP contribution in [0.25, 0.3) is 0 Å². The Balaban J connectivity index is 1.40. The molecule has 1 aliphatic rings. The first-order valence-corrected chi connectivity index (χ1v) is 9.66. The van der Waals surface area contributed by atoms with E-state index in [1.54, 1.807) is 18.2 Å². The van der Waals surface area contributed by atoms with Crippen molar-refractivity contribution in [2.45, 2.75) is 32.3 Å². The van der Waals surface area contributed by atoms with Gasteiger partial charge in [-0.3, -0.25) is 4.79 Å². The van der Waals surface area contributed by atoms with Crippen molar-refractivity contribution in [2.24, 2.45) is 0 Å². The molecule has 1 atom stereocenters. The molecule has 1 aliphatic heterocycles. The number of hydrogen-bond donors (Lipinski definition) is 0. The second kappa shape index (κ2) is 8.43. The predicted molar refractivity (Wildman–Crippen MR) is 104 cm³/mol. The molecule has 0 radical (unpaired) electrons.